The van der Waals surface area contributed by atoms with Crippen molar-refractivity contribution in [1.29, 1.82) is 0 Å². The summed E-state index contributed by atoms with van der Waals surface area (Å²) < 4.78 is 0. The van der Waals surface area contributed by atoms with Crippen molar-refractivity contribution in [3.63, 3.8) is 0 Å². The molecule has 0 spiro atoms. The highest BCUT2D eigenvalue weighted by atomic mass is 32.2. The Kier molecular flexibility index (Phi) is 9.99. The fraction of sp³-hybridized carbons (Fsp3) is 0.800. The monoisotopic (exact) mass is 151 g/mol. The summed E-state index contributed by atoms with van der Waals surface area (Å²) >= 11 is 1.62. The van der Waals surface area contributed by atoms with E-state index in [0.717, 1.165) is 5.75 Å². The molecule has 0 saturated carbocycles. The highest BCUT2D eigenvalue weighted by Crippen LogP contribution is 1.98. The quantitative estimate of drug-likeness (QED) is 0.585. The summed E-state index contributed by atoms with van der Waals surface area (Å²) in [4.78, 5) is 9.75. The molecule has 0 aliphatic heterocycles. The average molecular weight is 151 g/mol. The molecule has 0 atom stereocenters. The van der Waals surface area contributed by atoms with Gasteiger partial charge in [-0.2, -0.15) is 11.8 Å². The molecule has 9 heavy (non-hydrogen) atoms. The second kappa shape index (κ2) is 7.78. The van der Waals surface area contributed by atoms with Crippen molar-refractivity contribution < 1.29 is 9.90 Å². The van der Waals surface area contributed by atoms with Gasteiger partial charge in [-0.25, -0.2) is 0 Å². The molecule has 0 unspecified atom stereocenters. The topological polar surface area (TPSA) is 76.6 Å². The van der Waals surface area contributed by atoms with Gasteiger partial charge in [-0.15, -0.1) is 0 Å². The van der Waals surface area contributed by atoms with Crippen LogP contribution in [0, 0.1) is 0 Å². The number of carbonyl (C=O) groups is 1. The molecule has 0 saturated heterocycles. The van der Waals surface area contributed by atoms with E-state index in [1.165, 1.54) is 0 Å². The third-order valence-electron chi connectivity index (χ3n) is 0.655. The van der Waals surface area contributed by atoms with E-state index >= 15 is 0 Å². The summed E-state index contributed by atoms with van der Waals surface area (Å²) in [6.45, 7) is 2.00. The Hall–Kier alpha value is -0.220. The molecule has 0 bridgehead atoms. The number of carboxylic acids is 1. The number of quaternary nitrogens is 1. The number of hydrogen-bond donors (Lipinski definition) is 1. The molecule has 0 aromatic rings. The van der Waals surface area contributed by atoms with Crippen molar-refractivity contribution in [1.82, 2.24) is 6.15 Å². The third-order valence-corrected chi connectivity index (χ3v) is 1.56. The number of carboxylic acid groups (broad SMARTS) is 1. The van der Waals surface area contributed by atoms with Crippen molar-refractivity contribution in [3.05, 3.63) is 0 Å². The summed E-state index contributed by atoms with van der Waals surface area (Å²) in [5.41, 5.74) is 0. The van der Waals surface area contributed by atoms with Crippen LogP contribution in [-0.4, -0.2) is 17.5 Å². The van der Waals surface area contributed by atoms with E-state index in [4.69, 9.17) is 0 Å². The Labute approximate surface area is 59.4 Å². The number of aliphatic carboxylic acids is 1. The van der Waals surface area contributed by atoms with E-state index in [1.807, 2.05) is 6.92 Å². The summed E-state index contributed by atoms with van der Waals surface area (Å²) in [7, 11) is 0. The standard InChI is InChI=1S/C5H10O2S.H3N/c1-2-8-4-3-5(6)7;/h2-4H2,1H3,(H,6,7);1H3. The maximum atomic E-state index is 9.75. The van der Waals surface area contributed by atoms with Gasteiger partial charge >= 0.3 is 0 Å². The van der Waals surface area contributed by atoms with Gasteiger partial charge in [0.15, 0.2) is 0 Å². The van der Waals surface area contributed by atoms with E-state index in [9.17, 15) is 9.90 Å². The van der Waals surface area contributed by atoms with Crippen LogP contribution in [-0.2, 0) is 4.79 Å². The van der Waals surface area contributed by atoms with E-state index in [1.54, 1.807) is 11.8 Å². The lowest BCUT2D eigenvalue weighted by atomic mass is 10.5. The third kappa shape index (κ3) is 11.4. The van der Waals surface area contributed by atoms with Gasteiger partial charge in [-0.3, -0.25) is 0 Å². The first kappa shape index (κ1) is 11.6. The first-order valence-corrected chi connectivity index (χ1v) is 3.70. The SMILES string of the molecule is CCSCCC(=O)[O-].[NH4+]. The van der Waals surface area contributed by atoms with Gasteiger partial charge < -0.3 is 16.1 Å². The number of hydrogen-bond acceptors (Lipinski definition) is 3. The van der Waals surface area contributed by atoms with Gasteiger partial charge in [-0.05, 0) is 17.9 Å². The van der Waals surface area contributed by atoms with Crippen molar-refractivity contribution in [2.24, 2.45) is 0 Å². The molecule has 56 valence electrons. The number of thioether (sulfide) groups is 1. The Bertz CT molecular complexity index is 77.4. The lowest BCUT2D eigenvalue weighted by Gasteiger charge is -1.97. The van der Waals surface area contributed by atoms with Gasteiger partial charge in [0, 0.05) is 5.97 Å². The number of rotatable bonds is 4. The fourth-order valence-corrected chi connectivity index (χ4v) is 0.900. The minimum Gasteiger partial charge on any atom is -0.550 e. The van der Waals surface area contributed by atoms with E-state index in [-0.39, 0.29) is 12.6 Å². The Morgan fingerprint density at radius 1 is 1.67 bits per heavy atom. The molecule has 3 nitrogen and oxygen atoms in total. The predicted molar refractivity (Wildman–Crippen MR) is 38.6 cm³/mol. The van der Waals surface area contributed by atoms with Gasteiger partial charge in [-0.1, -0.05) is 6.92 Å². The zero-order valence-electron chi connectivity index (χ0n) is 5.85. The molecule has 0 radical (unpaired) electrons. The summed E-state index contributed by atoms with van der Waals surface area (Å²) in [6, 6.07) is 0. The van der Waals surface area contributed by atoms with Crippen molar-refractivity contribution in [2.75, 3.05) is 11.5 Å². The summed E-state index contributed by atoms with van der Waals surface area (Å²) in [6.07, 6.45) is 0.179. The van der Waals surface area contributed by atoms with Gasteiger partial charge in [0.25, 0.3) is 0 Å². The molecule has 0 amide bonds. The maximum Gasteiger partial charge on any atom is 0.0422 e. The van der Waals surface area contributed by atoms with Crippen LogP contribution >= 0.6 is 11.8 Å². The number of carbonyl (C=O) groups excluding carboxylic acids is 1. The molecular formula is C5H13NO2S. The van der Waals surface area contributed by atoms with Crippen LogP contribution in [0.15, 0.2) is 0 Å². The van der Waals surface area contributed by atoms with Gasteiger partial charge in [0.2, 0.25) is 0 Å². The molecule has 0 fully saturated rings. The Morgan fingerprint density at radius 2 is 2.22 bits per heavy atom. The van der Waals surface area contributed by atoms with Crippen LogP contribution in [0.1, 0.15) is 13.3 Å². The van der Waals surface area contributed by atoms with Crippen molar-refractivity contribution in [2.45, 2.75) is 13.3 Å². The lowest BCUT2D eigenvalue weighted by molar-refractivity contribution is -0.305. The predicted octanol–water partition coefficient (Wildman–Crippen LogP) is 0.256. The van der Waals surface area contributed by atoms with Crippen LogP contribution < -0.4 is 11.3 Å². The smallest absolute Gasteiger partial charge is 0.0422 e. The first-order valence-electron chi connectivity index (χ1n) is 2.55. The van der Waals surface area contributed by atoms with Gasteiger partial charge in [0.05, 0.1) is 0 Å². The zero-order chi connectivity index (χ0) is 6.41. The van der Waals surface area contributed by atoms with E-state index in [0.29, 0.717) is 5.75 Å². The molecular weight excluding hydrogens is 138 g/mol. The second-order valence-corrected chi connectivity index (χ2v) is 2.71. The average Bonchev–Trinajstić information content (AvgIpc) is 1.66. The zero-order valence-corrected chi connectivity index (χ0v) is 6.66. The van der Waals surface area contributed by atoms with Crippen LogP contribution in [0.3, 0.4) is 0 Å². The van der Waals surface area contributed by atoms with Crippen LogP contribution in [0.5, 0.6) is 0 Å². The highest BCUT2D eigenvalue weighted by molar-refractivity contribution is 7.99. The first-order chi connectivity index (χ1) is 3.77. The largest absolute Gasteiger partial charge is 0.550 e. The summed E-state index contributed by atoms with van der Waals surface area (Å²) in [5, 5.41) is 9.75. The molecule has 4 N–H and O–H groups in total. The van der Waals surface area contributed by atoms with E-state index < -0.39 is 5.97 Å². The fourth-order valence-electron chi connectivity index (χ4n) is 0.300. The molecule has 0 heterocycles. The maximum absolute atomic E-state index is 9.75. The van der Waals surface area contributed by atoms with Crippen molar-refractivity contribution in [3.8, 4) is 0 Å². The molecule has 0 rings (SSSR count). The van der Waals surface area contributed by atoms with Crippen molar-refractivity contribution >= 4 is 17.7 Å². The molecule has 0 aromatic heterocycles. The van der Waals surface area contributed by atoms with E-state index in [2.05, 4.69) is 0 Å². The molecule has 4 heteroatoms. The molecule has 0 aliphatic carbocycles. The molecule has 0 aromatic carbocycles. The van der Waals surface area contributed by atoms with Crippen LogP contribution in [0.25, 0.3) is 0 Å². The highest BCUT2D eigenvalue weighted by Gasteiger charge is 1.84. The Morgan fingerprint density at radius 3 is 2.56 bits per heavy atom. The van der Waals surface area contributed by atoms with Gasteiger partial charge in [0.1, 0.15) is 0 Å². The minimum atomic E-state index is -0.953. The lowest BCUT2D eigenvalue weighted by Crippen LogP contribution is -2.22. The minimum absolute atomic E-state index is 0. The Balaban J connectivity index is 0. The molecule has 0 aliphatic rings. The van der Waals surface area contributed by atoms with Crippen LogP contribution in [0.2, 0.25) is 0 Å². The van der Waals surface area contributed by atoms with Crippen LogP contribution in [0.4, 0.5) is 0 Å². The summed E-state index contributed by atoms with van der Waals surface area (Å²) in [5.74, 6) is 0.706. The normalized spacial score (nSPS) is 8.11. The second-order valence-electron chi connectivity index (χ2n) is 1.32.